The molecule has 0 saturated heterocycles. The van der Waals surface area contributed by atoms with Crippen molar-refractivity contribution in [2.75, 3.05) is 0 Å². The third kappa shape index (κ3) is 2.84. The molecule has 1 heteroatoms. The van der Waals surface area contributed by atoms with Gasteiger partial charge in [0.25, 0.3) is 0 Å². The Morgan fingerprint density at radius 1 is 0.889 bits per heavy atom. The summed E-state index contributed by atoms with van der Waals surface area (Å²) in [6.45, 7) is 0. The van der Waals surface area contributed by atoms with Crippen LogP contribution in [0.4, 0.5) is 0 Å². The predicted octanol–water partition coefficient (Wildman–Crippen LogP) is 5.12. The molecule has 1 unspecified atom stereocenters. The van der Waals surface area contributed by atoms with Gasteiger partial charge in [0.15, 0.2) is 0 Å². The van der Waals surface area contributed by atoms with Gasteiger partial charge in [-0.05, 0) is 41.9 Å². The van der Waals surface area contributed by atoms with E-state index in [-0.39, 0.29) is 0 Å². The minimum Gasteiger partial charge on any atom is -0.0836 e. The van der Waals surface area contributed by atoms with E-state index in [1.165, 1.54) is 29.5 Å². The molecule has 0 amide bonds. The maximum atomic E-state index is 3.80. The van der Waals surface area contributed by atoms with Crippen molar-refractivity contribution in [2.24, 2.45) is 5.92 Å². The average molecular weight is 301 g/mol. The van der Waals surface area contributed by atoms with E-state index in [4.69, 9.17) is 0 Å². The summed E-state index contributed by atoms with van der Waals surface area (Å²) in [7, 11) is 0. The lowest BCUT2D eigenvalue weighted by atomic mass is 10.0. The first-order valence-corrected chi connectivity index (χ1v) is 7.51. The highest BCUT2D eigenvalue weighted by Crippen LogP contribution is 2.46. The van der Waals surface area contributed by atoms with E-state index in [2.05, 4.69) is 70.5 Å². The van der Waals surface area contributed by atoms with Crippen LogP contribution in [0.2, 0.25) is 0 Å². The monoisotopic (exact) mass is 300 g/mol. The molecule has 1 aliphatic rings. The number of hydrogen-bond acceptors (Lipinski definition) is 0. The first-order valence-electron chi connectivity index (χ1n) is 6.60. The summed E-state index contributed by atoms with van der Waals surface area (Å²) in [5.41, 5.74) is 4.19. The van der Waals surface area contributed by atoms with Crippen LogP contribution in [0.5, 0.6) is 0 Å². The van der Waals surface area contributed by atoms with E-state index in [1.807, 2.05) is 0 Å². The Balaban J connectivity index is 1.71. The zero-order chi connectivity index (χ0) is 12.4. The third-order valence-corrected chi connectivity index (χ3v) is 4.86. The Morgan fingerprint density at radius 2 is 1.50 bits per heavy atom. The number of halogens is 1. The fourth-order valence-corrected chi connectivity index (χ4v) is 3.15. The van der Waals surface area contributed by atoms with Gasteiger partial charge < -0.3 is 0 Å². The molecule has 0 nitrogen and oxygen atoms in total. The fraction of sp³-hybridized carbons (Fsp3) is 0.294. The quantitative estimate of drug-likeness (QED) is 0.687. The minimum absolute atomic E-state index is 0.559. The van der Waals surface area contributed by atoms with Crippen LogP contribution in [0.25, 0.3) is 0 Å². The topological polar surface area (TPSA) is 0 Å². The maximum Gasteiger partial charge on any atom is 0.0423 e. The van der Waals surface area contributed by atoms with Gasteiger partial charge in [0, 0.05) is 4.83 Å². The second kappa shape index (κ2) is 5.27. The normalized spacial score (nSPS) is 16.5. The molecule has 0 aliphatic heterocycles. The largest absolute Gasteiger partial charge is 0.0836 e. The molecule has 2 aromatic carbocycles. The van der Waals surface area contributed by atoms with Crippen LogP contribution in [-0.2, 0) is 6.42 Å². The number of hydrogen-bond donors (Lipinski definition) is 0. The predicted molar refractivity (Wildman–Crippen MR) is 80.1 cm³/mol. The second-order valence-corrected chi connectivity index (χ2v) is 6.13. The van der Waals surface area contributed by atoms with Crippen LogP contribution < -0.4 is 0 Å². The lowest BCUT2D eigenvalue weighted by Crippen LogP contribution is -1.93. The summed E-state index contributed by atoms with van der Waals surface area (Å²) >= 11 is 3.80. The number of alkyl halides is 1. The maximum absolute atomic E-state index is 3.80. The van der Waals surface area contributed by atoms with Crippen molar-refractivity contribution in [3.05, 3.63) is 71.3 Å². The van der Waals surface area contributed by atoms with E-state index >= 15 is 0 Å². The van der Waals surface area contributed by atoms with Crippen molar-refractivity contribution in [3.8, 4) is 0 Å². The smallest absolute Gasteiger partial charge is 0.0423 e. The van der Waals surface area contributed by atoms with Crippen molar-refractivity contribution < 1.29 is 0 Å². The zero-order valence-corrected chi connectivity index (χ0v) is 11.9. The Morgan fingerprint density at radius 3 is 2.11 bits per heavy atom. The summed E-state index contributed by atoms with van der Waals surface area (Å²) in [6.07, 6.45) is 3.78. The molecule has 18 heavy (non-hydrogen) atoms. The standard InChI is InChI=1S/C17H17Br/c18-17(16-10-11-16)15-8-6-14(7-9-15)12-13-4-2-1-3-5-13/h1-9,16-17H,10-12H2. The van der Waals surface area contributed by atoms with Gasteiger partial charge in [0.05, 0.1) is 0 Å². The van der Waals surface area contributed by atoms with E-state index in [9.17, 15) is 0 Å². The molecule has 0 heterocycles. The molecule has 1 aliphatic carbocycles. The van der Waals surface area contributed by atoms with Crippen LogP contribution >= 0.6 is 15.9 Å². The summed E-state index contributed by atoms with van der Waals surface area (Å²) in [5.74, 6) is 0.866. The van der Waals surface area contributed by atoms with Gasteiger partial charge in [-0.1, -0.05) is 70.5 Å². The minimum atomic E-state index is 0.559. The van der Waals surface area contributed by atoms with Crippen LogP contribution in [0.3, 0.4) is 0 Å². The molecule has 1 atom stereocenters. The van der Waals surface area contributed by atoms with Gasteiger partial charge in [0.2, 0.25) is 0 Å². The molecule has 0 aromatic heterocycles. The van der Waals surface area contributed by atoms with Gasteiger partial charge in [-0.3, -0.25) is 0 Å². The van der Waals surface area contributed by atoms with Crippen molar-refractivity contribution >= 4 is 15.9 Å². The summed E-state index contributed by atoms with van der Waals surface area (Å²) < 4.78 is 0. The van der Waals surface area contributed by atoms with Crippen molar-refractivity contribution in [3.63, 3.8) is 0 Å². The van der Waals surface area contributed by atoms with Gasteiger partial charge in [-0.25, -0.2) is 0 Å². The van der Waals surface area contributed by atoms with Gasteiger partial charge >= 0.3 is 0 Å². The van der Waals surface area contributed by atoms with Crippen molar-refractivity contribution in [1.29, 1.82) is 0 Å². The molecule has 2 aromatic rings. The average Bonchev–Trinajstić information content (AvgIpc) is 3.24. The Labute approximate surface area is 117 Å². The van der Waals surface area contributed by atoms with Gasteiger partial charge in [0.1, 0.15) is 0 Å². The lowest BCUT2D eigenvalue weighted by molar-refractivity contribution is 0.822. The van der Waals surface area contributed by atoms with Gasteiger partial charge in [-0.2, -0.15) is 0 Å². The zero-order valence-electron chi connectivity index (χ0n) is 10.4. The van der Waals surface area contributed by atoms with E-state index < -0.39 is 0 Å². The summed E-state index contributed by atoms with van der Waals surface area (Å²) in [6, 6.07) is 19.7. The molecule has 1 saturated carbocycles. The highest BCUT2D eigenvalue weighted by atomic mass is 79.9. The SMILES string of the molecule is BrC(c1ccc(Cc2ccccc2)cc1)C1CC1. The molecule has 92 valence electrons. The van der Waals surface area contributed by atoms with E-state index in [0.717, 1.165) is 12.3 Å². The molecular weight excluding hydrogens is 284 g/mol. The number of rotatable bonds is 4. The Hall–Kier alpha value is -1.08. The molecule has 0 spiro atoms. The molecule has 0 bridgehead atoms. The molecule has 1 fully saturated rings. The van der Waals surface area contributed by atoms with Crippen molar-refractivity contribution in [2.45, 2.75) is 24.1 Å². The fourth-order valence-electron chi connectivity index (χ4n) is 2.31. The molecule has 3 rings (SSSR count). The van der Waals surface area contributed by atoms with E-state index in [0.29, 0.717) is 4.83 Å². The molecule has 0 radical (unpaired) electrons. The van der Waals surface area contributed by atoms with E-state index in [1.54, 1.807) is 0 Å². The van der Waals surface area contributed by atoms with Crippen LogP contribution in [-0.4, -0.2) is 0 Å². The second-order valence-electron chi connectivity index (χ2n) is 5.14. The number of benzene rings is 2. The van der Waals surface area contributed by atoms with Gasteiger partial charge in [-0.15, -0.1) is 0 Å². The Kier molecular flexibility index (Phi) is 3.51. The first kappa shape index (κ1) is 12.0. The first-order chi connectivity index (χ1) is 8.83. The highest BCUT2D eigenvalue weighted by molar-refractivity contribution is 9.09. The highest BCUT2D eigenvalue weighted by Gasteiger charge is 2.30. The summed E-state index contributed by atoms with van der Waals surface area (Å²) in [4.78, 5) is 0.559. The van der Waals surface area contributed by atoms with Crippen LogP contribution in [0.1, 0.15) is 34.4 Å². The molecular formula is C17H17Br. The van der Waals surface area contributed by atoms with Crippen LogP contribution in [0, 0.1) is 5.92 Å². The lowest BCUT2D eigenvalue weighted by Gasteiger charge is -2.09. The third-order valence-electron chi connectivity index (χ3n) is 3.59. The molecule has 0 N–H and O–H groups in total. The summed E-state index contributed by atoms with van der Waals surface area (Å²) in [5, 5.41) is 0. The van der Waals surface area contributed by atoms with Crippen LogP contribution in [0.15, 0.2) is 54.6 Å². The van der Waals surface area contributed by atoms with Crippen molar-refractivity contribution in [1.82, 2.24) is 0 Å². The Bertz CT molecular complexity index is 497.